The Kier molecular flexibility index (Phi) is 12.4. The highest BCUT2D eigenvalue weighted by Crippen LogP contribution is 2.14. The molecular formula is C17H26N4O6. The lowest BCUT2D eigenvalue weighted by atomic mass is 10.2. The predicted octanol–water partition coefficient (Wildman–Crippen LogP) is 2.85. The van der Waals surface area contributed by atoms with Crippen LogP contribution in [-0.4, -0.2) is 71.5 Å². The molecule has 0 aliphatic rings. The number of carbonyl (C=O) groups excluding carboxylic acids is 1. The quantitative estimate of drug-likeness (QED) is 0.161. The number of hydrogen-bond acceptors (Lipinski definition) is 7. The Bertz CT molecular complexity index is 577. The Morgan fingerprint density at radius 3 is 2.33 bits per heavy atom. The molecular weight excluding hydrogens is 356 g/mol. The maximum Gasteiger partial charge on any atom is 0.412 e. The SMILES string of the molecule is COCCOCCOCCN(COC)C(=O)OCc1ccc(N=[N+]=[N-])cc1. The number of amides is 1. The Balaban J connectivity index is 2.29. The second-order valence-corrected chi connectivity index (χ2v) is 5.31. The number of ether oxygens (including phenoxy) is 5. The van der Waals surface area contributed by atoms with Gasteiger partial charge >= 0.3 is 6.09 Å². The van der Waals surface area contributed by atoms with Crippen LogP contribution in [-0.2, 0) is 30.3 Å². The molecule has 0 heterocycles. The van der Waals surface area contributed by atoms with Crippen molar-refractivity contribution in [3.05, 3.63) is 40.3 Å². The minimum atomic E-state index is -0.504. The molecule has 1 rings (SSSR count). The number of carbonyl (C=O) groups is 1. The van der Waals surface area contributed by atoms with Gasteiger partial charge in [-0.1, -0.05) is 29.4 Å². The number of hydrogen-bond donors (Lipinski definition) is 0. The van der Waals surface area contributed by atoms with Gasteiger partial charge < -0.3 is 23.7 Å². The fraction of sp³-hybridized carbons (Fsp3) is 0.588. The molecule has 27 heavy (non-hydrogen) atoms. The van der Waals surface area contributed by atoms with Gasteiger partial charge in [0.05, 0.1) is 33.0 Å². The molecule has 0 aliphatic heterocycles. The third-order valence-corrected chi connectivity index (χ3v) is 3.31. The molecule has 0 saturated carbocycles. The van der Waals surface area contributed by atoms with E-state index >= 15 is 0 Å². The van der Waals surface area contributed by atoms with E-state index in [-0.39, 0.29) is 13.3 Å². The first kappa shape index (κ1) is 22.7. The molecule has 150 valence electrons. The lowest BCUT2D eigenvalue weighted by Crippen LogP contribution is -2.36. The highest BCUT2D eigenvalue weighted by atomic mass is 16.6. The molecule has 0 aliphatic carbocycles. The van der Waals surface area contributed by atoms with Crippen LogP contribution in [0.1, 0.15) is 5.56 Å². The molecule has 10 nitrogen and oxygen atoms in total. The highest BCUT2D eigenvalue weighted by Gasteiger charge is 2.14. The molecule has 1 aromatic carbocycles. The Labute approximate surface area is 158 Å². The van der Waals surface area contributed by atoms with E-state index in [2.05, 4.69) is 10.0 Å². The average molecular weight is 382 g/mol. The lowest BCUT2D eigenvalue weighted by Gasteiger charge is -2.21. The maximum absolute atomic E-state index is 12.2. The van der Waals surface area contributed by atoms with Crippen molar-refractivity contribution < 1.29 is 28.5 Å². The normalized spacial score (nSPS) is 10.3. The minimum Gasteiger partial charge on any atom is -0.444 e. The summed E-state index contributed by atoms with van der Waals surface area (Å²) in [5, 5.41) is 3.48. The van der Waals surface area contributed by atoms with Crippen molar-refractivity contribution in [1.82, 2.24) is 4.90 Å². The average Bonchev–Trinajstić information content (AvgIpc) is 2.68. The van der Waals surface area contributed by atoms with E-state index in [1.54, 1.807) is 31.4 Å². The van der Waals surface area contributed by atoms with E-state index in [1.165, 1.54) is 12.0 Å². The molecule has 0 aromatic heterocycles. The summed E-state index contributed by atoms with van der Waals surface area (Å²) in [6, 6.07) is 6.76. The van der Waals surface area contributed by atoms with Gasteiger partial charge in [-0.05, 0) is 11.1 Å². The molecule has 0 atom stereocenters. The molecule has 1 amide bonds. The van der Waals surface area contributed by atoms with Crippen LogP contribution in [0, 0.1) is 0 Å². The van der Waals surface area contributed by atoms with Crippen LogP contribution in [0.4, 0.5) is 10.5 Å². The van der Waals surface area contributed by atoms with Gasteiger partial charge in [-0.25, -0.2) is 4.79 Å². The van der Waals surface area contributed by atoms with Crippen LogP contribution >= 0.6 is 0 Å². The lowest BCUT2D eigenvalue weighted by molar-refractivity contribution is 0.00214. The van der Waals surface area contributed by atoms with Gasteiger partial charge in [-0.15, -0.1) is 0 Å². The van der Waals surface area contributed by atoms with Crippen LogP contribution in [0.3, 0.4) is 0 Å². The Morgan fingerprint density at radius 2 is 1.70 bits per heavy atom. The zero-order chi connectivity index (χ0) is 19.7. The van der Waals surface area contributed by atoms with Gasteiger partial charge in [0.1, 0.15) is 13.3 Å². The van der Waals surface area contributed by atoms with Gasteiger partial charge in [0.15, 0.2) is 0 Å². The van der Waals surface area contributed by atoms with E-state index in [0.29, 0.717) is 45.3 Å². The minimum absolute atomic E-state index is 0.0996. The topological polar surface area (TPSA) is 115 Å². The molecule has 1 aromatic rings. The zero-order valence-corrected chi connectivity index (χ0v) is 15.7. The van der Waals surface area contributed by atoms with Gasteiger partial charge in [0.2, 0.25) is 0 Å². The monoisotopic (exact) mass is 382 g/mol. The smallest absolute Gasteiger partial charge is 0.412 e. The first-order chi connectivity index (χ1) is 13.2. The number of rotatable bonds is 14. The summed E-state index contributed by atoms with van der Waals surface area (Å²) in [4.78, 5) is 16.3. The van der Waals surface area contributed by atoms with Crippen molar-refractivity contribution in [2.24, 2.45) is 5.11 Å². The van der Waals surface area contributed by atoms with Gasteiger partial charge in [0, 0.05) is 31.4 Å². The van der Waals surface area contributed by atoms with E-state index < -0.39 is 6.09 Å². The van der Waals surface area contributed by atoms with Crippen molar-refractivity contribution in [1.29, 1.82) is 0 Å². The molecule has 0 saturated heterocycles. The van der Waals surface area contributed by atoms with Crippen LogP contribution < -0.4 is 0 Å². The summed E-state index contributed by atoms with van der Waals surface area (Å²) in [5.41, 5.74) is 9.66. The molecule has 0 fully saturated rings. The standard InChI is InChI=1S/C17H26N4O6/c1-23-9-10-26-12-11-25-8-7-21(14-24-2)17(22)27-13-15-3-5-16(6-4-15)19-20-18/h3-6H,7-14H2,1-2H3. The maximum atomic E-state index is 12.2. The van der Waals surface area contributed by atoms with Gasteiger partial charge in [-0.3, -0.25) is 4.90 Å². The van der Waals surface area contributed by atoms with Crippen LogP contribution in [0.5, 0.6) is 0 Å². The first-order valence-electron chi connectivity index (χ1n) is 8.40. The van der Waals surface area contributed by atoms with E-state index in [1.807, 2.05) is 0 Å². The second kappa shape index (κ2) is 14.8. The van der Waals surface area contributed by atoms with Crippen LogP contribution in [0.2, 0.25) is 0 Å². The molecule has 0 N–H and O–H groups in total. The van der Waals surface area contributed by atoms with Crippen molar-refractivity contribution in [3.63, 3.8) is 0 Å². The number of benzene rings is 1. The second-order valence-electron chi connectivity index (χ2n) is 5.31. The van der Waals surface area contributed by atoms with Crippen LogP contribution in [0.25, 0.3) is 10.4 Å². The van der Waals surface area contributed by atoms with E-state index in [0.717, 1.165) is 5.56 Å². The summed E-state index contributed by atoms with van der Waals surface area (Å²) in [5.74, 6) is 0. The molecule has 0 radical (unpaired) electrons. The fourth-order valence-corrected chi connectivity index (χ4v) is 1.95. The highest BCUT2D eigenvalue weighted by molar-refractivity contribution is 5.67. The summed E-state index contributed by atoms with van der Waals surface area (Å²) < 4.78 is 25.9. The number of nitrogens with zero attached hydrogens (tertiary/aromatic N) is 4. The third kappa shape index (κ3) is 10.4. The summed E-state index contributed by atoms with van der Waals surface area (Å²) in [7, 11) is 3.11. The van der Waals surface area contributed by atoms with E-state index in [4.69, 9.17) is 29.2 Å². The van der Waals surface area contributed by atoms with Crippen molar-refractivity contribution in [3.8, 4) is 0 Å². The Hall–Kier alpha value is -2.36. The number of methoxy groups -OCH3 is 2. The van der Waals surface area contributed by atoms with Crippen molar-refractivity contribution in [2.45, 2.75) is 6.61 Å². The molecule has 0 bridgehead atoms. The summed E-state index contributed by atoms with van der Waals surface area (Å²) in [6.07, 6.45) is -0.504. The largest absolute Gasteiger partial charge is 0.444 e. The molecule has 0 unspecified atom stereocenters. The fourth-order valence-electron chi connectivity index (χ4n) is 1.95. The third-order valence-electron chi connectivity index (χ3n) is 3.31. The molecule has 10 heteroatoms. The Morgan fingerprint density at radius 1 is 1.04 bits per heavy atom. The summed E-state index contributed by atoms with van der Waals surface area (Å²) >= 11 is 0. The first-order valence-corrected chi connectivity index (χ1v) is 8.40. The predicted molar refractivity (Wildman–Crippen MR) is 97.5 cm³/mol. The van der Waals surface area contributed by atoms with Crippen molar-refractivity contribution >= 4 is 11.8 Å². The van der Waals surface area contributed by atoms with Gasteiger partial charge in [-0.2, -0.15) is 0 Å². The molecule has 0 spiro atoms. The zero-order valence-electron chi connectivity index (χ0n) is 15.7. The van der Waals surface area contributed by atoms with E-state index in [9.17, 15) is 4.79 Å². The van der Waals surface area contributed by atoms with Gasteiger partial charge in [0.25, 0.3) is 0 Å². The number of azide groups is 1. The van der Waals surface area contributed by atoms with Crippen molar-refractivity contribution in [2.75, 3.05) is 60.5 Å². The summed E-state index contributed by atoms with van der Waals surface area (Å²) in [6.45, 7) is 2.83. The van der Waals surface area contributed by atoms with Crippen LogP contribution in [0.15, 0.2) is 29.4 Å².